The van der Waals surface area contributed by atoms with Crippen LogP contribution < -0.4 is 10.6 Å². The highest BCUT2D eigenvalue weighted by Gasteiger charge is 2.22. The summed E-state index contributed by atoms with van der Waals surface area (Å²) >= 11 is 0. The Morgan fingerprint density at radius 1 is 1.20 bits per heavy atom. The molecule has 2 aromatic rings. The van der Waals surface area contributed by atoms with Crippen LogP contribution in [0.5, 0.6) is 0 Å². The molecule has 0 aliphatic heterocycles. The van der Waals surface area contributed by atoms with Gasteiger partial charge in [-0.15, -0.1) is 0 Å². The molecule has 2 rings (SSSR count). The molecular weight excluding hydrogens is 318 g/mol. The first-order valence-corrected chi connectivity index (χ1v) is 8.83. The molecule has 0 unspecified atom stereocenters. The van der Waals surface area contributed by atoms with Crippen LogP contribution in [0.4, 0.5) is 10.6 Å². The topological polar surface area (TPSA) is 89.7 Å². The largest absolute Gasteiger partial charge is 0.328 e. The smallest absolute Gasteiger partial charge is 0.320 e. The second-order valence-corrected chi connectivity index (χ2v) is 6.63. The van der Waals surface area contributed by atoms with Crippen molar-refractivity contribution in [2.75, 3.05) is 5.32 Å². The van der Waals surface area contributed by atoms with E-state index in [4.69, 9.17) is 0 Å². The highest BCUT2D eigenvalue weighted by Crippen LogP contribution is 2.22. The Labute approximate surface area is 149 Å². The van der Waals surface area contributed by atoms with Crippen LogP contribution in [-0.4, -0.2) is 30.6 Å². The molecule has 2 N–H and O–H groups in total. The number of amides is 2. The number of aryl methyl sites for hydroxylation is 3. The molecule has 25 heavy (non-hydrogen) atoms. The van der Waals surface area contributed by atoms with Gasteiger partial charge in [-0.1, -0.05) is 27.7 Å². The van der Waals surface area contributed by atoms with E-state index in [2.05, 4.69) is 53.5 Å². The fourth-order valence-corrected chi connectivity index (χ4v) is 3.06. The zero-order valence-electron chi connectivity index (χ0n) is 16.0. The predicted octanol–water partition coefficient (Wildman–Crippen LogP) is 2.58. The van der Waals surface area contributed by atoms with E-state index < -0.39 is 0 Å². The first kappa shape index (κ1) is 19.0. The van der Waals surface area contributed by atoms with Crippen molar-refractivity contribution in [2.45, 2.75) is 53.0 Å². The van der Waals surface area contributed by atoms with E-state index in [1.807, 2.05) is 14.1 Å². The molecule has 0 saturated heterocycles. The van der Waals surface area contributed by atoms with E-state index in [0.717, 1.165) is 42.2 Å². The second kappa shape index (κ2) is 8.13. The van der Waals surface area contributed by atoms with Crippen molar-refractivity contribution in [3.63, 3.8) is 0 Å². The van der Waals surface area contributed by atoms with Crippen molar-refractivity contribution < 1.29 is 4.79 Å². The fourth-order valence-electron chi connectivity index (χ4n) is 3.06. The quantitative estimate of drug-likeness (QED) is 0.805. The lowest BCUT2D eigenvalue weighted by atomic mass is 10.0. The van der Waals surface area contributed by atoms with Gasteiger partial charge >= 0.3 is 6.03 Å². The molecule has 8 nitrogen and oxygen atoms in total. The Balaban J connectivity index is 2.17. The Kier molecular flexibility index (Phi) is 6.17. The zero-order valence-corrected chi connectivity index (χ0v) is 16.0. The summed E-state index contributed by atoms with van der Waals surface area (Å²) in [7, 11) is 3.68. The van der Waals surface area contributed by atoms with Gasteiger partial charge < -0.3 is 5.32 Å². The number of carbonyl (C=O) groups excluding carboxylic acids is 1. The molecule has 2 amide bonds. The van der Waals surface area contributed by atoms with Gasteiger partial charge in [0, 0.05) is 19.7 Å². The molecule has 0 bridgehead atoms. The number of nitrogens with zero attached hydrogens (tertiary/aromatic N) is 5. The van der Waals surface area contributed by atoms with Gasteiger partial charge in [0.25, 0.3) is 0 Å². The summed E-state index contributed by atoms with van der Waals surface area (Å²) < 4.78 is 3.43. The number of aromatic nitrogens is 5. The van der Waals surface area contributed by atoms with Crippen LogP contribution >= 0.6 is 0 Å². The van der Waals surface area contributed by atoms with Gasteiger partial charge in [0.1, 0.15) is 18.0 Å². The van der Waals surface area contributed by atoms with Gasteiger partial charge in [-0.2, -0.15) is 10.2 Å². The van der Waals surface area contributed by atoms with Gasteiger partial charge in [-0.3, -0.25) is 14.7 Å². The molecule has 1 atom stereocenters. The van der Waals surface area contributed by atoms with Crippen molar-refractivity contribution in [2.24, 2.45) is 20.0 Å². The van der Waals surface area contributed by atoms with Crippen molar-refractivity contribution in [1.29, 1.82) is 0 Å². The number of rotatable bonds is 7. The minimum Gasteiger partial charge on any atom is -0.328 e. The lowest BCUT2D eigenvalue weighted by Gasteiger charge is -2.20. The normalized spacial score (nSPS) is 12.4. The van der Waals surface area contributed by atoms with Crippen LogP contribution in [0.2, 0.25) is 0 Å². The summed E-state index contributed by atoms with van der Waals surface area (Å²) in [5.41, 5.74) is 2.10. The second-order valence-electron chi connectivity index (χ2n) is 6.63. The molecule has 8 heteroatoms. The first-order chi connectivity index (χ1) is 11.9. The maximum absolute atomic E-state index is 12.6. The lowest BCUT2D eigenvalue weighted by Crippen LogP contribution is -2.35. The number of urea groups is 1. The number of nitrogens with one attached hydrogen (secondary N) is 2. The molecule has 0 aliphatic rings. The SMILES string of the molecule is CCc1nn(C)c(NC(=O)N[C@@H](CC(C)C)c2ncnn2C)c1CC. The van der Waals surface area contributed by atoms with Gasteiger partial charge in [-0.25, -0.2) is 9.78 Å². The number of anilines is 1. The highest BCUT2D eigenvalue weighted by molar-refractivity contribution is 5.89. The molecule has 0 aromatic carbocycles. The Bertz CT molecular complexity index is 717. The van der Waals surface area contributed by atoms with Crippen molar-refractivity contribution >= 4 is 11.8 Å². The van der Waals surface area contributed by atoms with Gasteiger partial charge in [0.05, 0.1) is 11.7 Å². The molecule has 0 radical (unpaired) electrons. The third-order valence-electron chi connectivity index (χ3n) is 4.22. The van der Waals surface area contributed by atoms with Crippen LogP contribution in [0, 0.1) is 5.92 Å². The Hall–Kier alpha value is -2.38. The molecule has 138 valence electrons. The third kappa shape index (κ3) is 4.37. The van der Waals surface area contributed by atoms with E-state index in [0.29, 0.717) is 5.92 Å². The van der Waals surface area contributed by atoms with Gasteiger partial charge in [-0.05, 0) is 25.2 Å². The van der Waals surface area contributed by atoms with E-state index >= 15 is 0 Å². The first-order valence-electron chi connectivity index (χ1n) is 8.83. The lowest BCUT2D eigenvalue weighted by molar-refractivity contribution is 0.245. The Morgan fingerprint density at radius 3 is 2.44 bits per heavy atom. The van der Waals surface area contributed by atoms with Crippen molar-refractivity contribution in [1.82, 2.24) is 29.9 Å². The maximum atomic E-state index is 12.6. The van der Waals surface area contributed by atoms with Crippen LogP contribution in [0.3, 0.4) is 0 Å². The van der Waals surface area contributed by atoms with E-state index in [1.54, 1.807) is 9.36 Å². The van der Waals surface area contributed by atoms with E-state index in [1.165, 1.54) is 6.33 Å². The molecule has 0 fully saturated rings. The van der Waals surface area contributed by atoms with Crippen LogP contribution in [0.1, 0.15) is 57.2 Å². The minimum absolute atomic E-state index is 0.198. The fraction of sp³-hybridized carbons (Fsp3) is 0.647. The van der Waals surface area contributed by atoms with Crippen LogP contribution in [0.15, 0.2) is 6.33 Å². The summed E-state index contributed by atoms with van der Waals surface area (Å²) in [4.78, 5) is 16.9. The molecule has 2 heterocycles. The van der Waals surface area contributed by atoms with Crippen molar-refractivity contribution in [3.05, 3.63) is 23.4 Å². The van der Waals surface area contributed by atoms with E-state index in [-0.39, 0.29) is 12.1 Å². The number of carbonyl (C=O) groups is 1. The van der Waals surface area contributed by atoms with E-state index in [9.17, 15) is 4.79 Å². The molecular formula is C17H29N7O. The monoisotopic (exact) mass is 347 g/mol. The number of hydrogen-bond donors (Lipinski definition) is 2. The average molecular weight is 347 g/mol. The molecule has 0 aliphatic carbocycles. The minimum atomic E-state index is -0.256. The summed E-state index contributed by atoms with van der Waals surface area (Å²) in [6.45, 7) is 8.37. The Morgan fingerprint density at radius 2 is 1.92 bits per heavy atom. The number of hydrogen-bond acceptors (Lipinski definition) is 4. The maximum Gasteiger partial charge on any atom is 0.320 e. The summed E-state index contributed by atoms with van der Waals surface area (Å²) in [5.74, 6) is 1.91. The molecule has 0 saturated carbocycles. The van der Waals surface area contributed by atoms with Gasteiger partial charge in [0.15, 0.2) is 0 Å². The molecule has 2 aromatic heterocycles. The summed E-state index contributed by atoms with van der Waals surface area (Å²) in [6.07, 6.45) is 3.96. The molecule has 0 spiro atoms. The van der Waals surface area contributed by atoms with Crippen LogP contribution in [-0.2, 0) is 26.9 Å². The average Bonchev–Trinajstić information content (AvgIpc) is 3.10. The van der Waals surface area contributed by atoms with Gasteiger partial charge in [0.2, 0.25) is 0 Å². The third-order valence-corrected chi connectivity index (χ3v) is 4.22. The summed E-state index contributed by atoms with van der Waals surface area (Å²) in [6, 6.07) is -0.453. The standard InChI is InChI=1S/C17H29N7O/c1-7-12-13(8-2)22-24(6)15(12)21-17(25)20-14(9-11(3)4)16-18-10-19-23(16)5/h10-11,14H,7-9H2,1-6H3,(H2,20,21,25)/t14-/m0/s1. The zero-order chi connectivity index (χ0) is 18.6. The van der Waals surface area contributed by atoms with Crippen molar-refractivity contribution in [3.8, 4) is 0 Å². The summed E-state index contributed by atoms with van der Waals surface area (Å²) in [5, 5.41) is 14.6. The predicted molar refractivity (Wildman–Crippen MR) is 97.3 cm³/mol. The highest BCUT2D eigenvalue weighted by atomic mass is 16.2. The van der Waals surface area contributed by atoms with Crippen LogP contribution in [0.25, 0.3) is 0 Å².